The summed E-state index contributed by atoms with van der Waals surface area (Å²) in [6, 6.07) is 41.6. The monoisotopic (exact) mass is 1010 g/mol. The lowest BCUT2D eigenvalue weighted by Gasteiger charge is -2.45. The fourth-order valence-corrected chi connectivity index (χ4v) is 11.2. The molecule has 350 valence electrons. The standard InChI is InChI=1S/C62H71BIN3O/c1-16-44(23-20-34-58(4,5)6)65(45-21-18-17-19-22-45)48-38-51-54-52(39-48)67(47-31-26-42(27-32-47)59(7,8)9)55-53-56(62(15,64)36-35-61(53,13)14)68-57(55)63(54)49-37-43(60(10,11)12)28-33-50(49)66(51)46-29-24-41(25-30-46)40(2)3/h16-34,37-40H,1,35-36H2,2-15H3/b34-20+,44-23+. The van der Waals surface area contributed by atoms with Crippen LogP contribution < -0.4 is 31.3 Å². The third-order valence-electron chi connectivity index (χ3n) is 14.5. The number of furan rings is 1. The van der Waals surface area contributed by atoms with E-state index in [0.29, 0.717) is 5.92 Å². The Hall–Kier alpha value is -5.21. The zero-order valence-corrected chi connectivity index (χ0v) is 45.3. The van der Waals surface area contributed by atoms with E-state index >= 15 is 0 Å². The van der Waals surface area contributed by atoms with Crippen LogP contribution in [0.4, 0.5) is 45.5 Å². The number of para-hydroxylation sites is 1. The first-order valence-electron chi connectivity index (χ1n) is 24.8. The van der Waals surface area contributed by atoms with Crippen LogP contribution >= 0.6 is 22.6 Å². The van der Waals surface area contributed by atoms with Crippen molar-refractivity contribution in [1.29, 1.82) is 0 Å². The van der Waals surface area contributed by atoms with Gasteiger partial charge in [-0.2, -0.15) is 0 Å². The molecule has 68 heavy (non-hydrogen) atoms. The normalized spacial score (nSPS) is 17.8. The van der Waals surface area contributed by atoms with Crippen LogP contribution in [0.5, 0.6) is 0 Å². The van der Waals surface area contributed by atoms with Gasteiger partial charge in [-0.3, -0.25) is 0 Å². The maximum Gasteiger partial charge on any atom is 0.297 e. The first-order valence-corrected chi connectivity index (χ1v) is 25.8. The predicted molar refractivity (Wildman–Crippen MR) is 303 cm³/mol. The second-order valence-electron chi connectivity index (χ2n) is 23.9. The van der Waals surface area contributed by atoms with Crippen molar-refractivity contribution in [3.8, 4) is 0 Å². The summed E-state index contributed by atoms with van der Waals surface area (Å²) in [5.41, 5.74) is 18.6. The molecule has 0 amide bonds. The number of allylic oxidation sites excluding steroid dienone is 4. The number of anilines is 8. The van der Waals surface area contributed by atoms with Crippen LogP contribution in [0.1, 0.15) is 144 Å². The lowest BCUT2D eigenvalue weighted by Crippen LogP contribution is -2.61. The van der Waals surface area contributed by atoms with E-state index in [4.69, 9.17) is 4.42 Å². The second-order valence-corrected chi connectivity index (χ2v) is 26.2. The van der Waals surface area contributed by atoms with Gasteiger partial charge in [-0.15, -0.1) is 0 Å². The maximum atomic E-state index is 7.69. The van der Waals surface area contributed by atoms with Crippen LogP contribution in [-0.4, -0.2) is 6.71 Å². The fourth-order valence-electron chi connectivity index (χ4n) is 10.5. The number of hydrogen-bond donors (Lipinski definition) is 0. The highest BCUT2D eigenvalue weighted by Gasteiger charge is 2.53. The molecule has 0 radical (unpaired) electrons. The Balaban J connectivity index is 1.46. The lowest BCUT2D eigenvalue weighted by atomic mass is 9.35. The van der Waals surface area contributed by atoms with Gasteiger partial charge >= 0.3 is 0 Å². The highest BCUT2D eigenvalue weighted by atomic mass is 127. The highest BCUT2D eigenvalue weighted by molar-refractivity contribution is 14.1. The lowest BCUT2D eigenvalue weighted by molar-refractivity contribution is 0.347. The Morgan fingerprint density at radius 3 is 1.90 bits per heavy atom. The van der Waals surface area contributed by atoms with Crippen molar-refractivity contribution in [1.82, 2.24) is 0 Å². The van der Waals surface area contributed by atoms with E-state index in [2.05, 4.69) is 268 Å². The summed E-state index contributed by atoms with van der Waals surface area (Å²) in [5.74, 6) is 1.52. The minimum absolute atomic E-state index is 0.000716. The summed E-state index contributed by atoms with van der Waals surface area (Å²) in [6.45, 7) is 36.7. The largest absolute Gasteiger partial charge is 0.471 e. The SMILES string of the molecule is C=C/C(=C\C=C\C(C)(C)C)N(c1ccccc1)c1cc2c3c(c1)N(c1ccc(C(C)(C)C)cc1)c1c(oc4c1C(C)(C)CCC4(C)I)B3c1cc(C(C)(C)C)ccc1N2c1ccc(C(C)C)cc1. The first kappa shape index (κ1) is 47.8. The maximum absolute atomic E-state index is 7.69. The molecule has 6 heteroatoms. The fraction of sp³-hybridized carbons (Fsp3) is 0.355. The van der Waals surface area contributed by atoms with Gasteiger partial charge in [0.25, 0.3) is 6.71 Å². The van der Waals surface area contributed by atoms with Crippen molar-refractivity contribution in [3.05, 3.63) is 174 Å². The molecular weight excluding hydrogens is 940 g/mol. The van der Waals surface area contributed by atoms with Gasteiger partial charge in [-0.25, -0.2) is 0 Å². The topological polar surface area (TPSA) is 22.9 Å². The number of hydrogen-bond acceptors (Lipinski definition) is 4. The molecular formula is C62H71BIN3O. The summed E-state index contributed by atoms with van der Waals surface area (Å²) < 4.78 is 7.51. The third kappa shape index (κ3) is 8.51. The zero-order chi connectivity index (χ0) is 48.9. The van der Waals surface area contributed by atoms with Crippen LogP contribution in [0, 0.1) is 5.41 Å². The van der Waals surface area contributed by atoms with Gasteiger partial charge in [0.05, 0.1) is 20.5 Å². The molecule has 6 aromatic rings. The van der Waals surface area contributed by atoms with Crippen LogP contribution in [0.25, 0.3) is 0 Å². The molecule has 1 unspecified atom stereocenters. The minimum atomic E-state index is -0.175. The molecule has 0 bridgehead atoms. The molecule has 4 nitrogen and oxygen atoms in total. The highest BCUT2D eigenvalue weighted by Crippen LogP contribution is 2.57. The average molecular weight is 1010 g/mol. The van der Waals surface area contributed by atoms with E-state index in [1.165, 1.54) is 44.6 Å². The number of rotatable bonds is 8. The molecule has 0 spiro atoms. The second kappa shape index (κ2) is 17.0. The summed E-state index contributed by atoms with van der Waals surface area (Å²) >= 11 is 2.69. The Kier molecular flexibility index (Phi) is 12.0. The van der Waals surface area contributed by atoms with Crippen molar-refractivity contribution in [2.24, 2.45) is 5.41 Å². The van der Waals surface area contributed by atoms with E-state index in [1.54, 1.807) is 0 Å². The third-order valence-corrected chi connectivity index (χ3v) is 15.5. The Morgan fingerprint density at radius 2 is 1.31 bits per heavy atom. The van der Waals surface area contributed by atoms with Crippen LogP contribution in [0.15, 0.2) is 150 Å². The van der Waals surface area contributed by atoms with Crippen LogP contribution in [0.2, 0.25) is 0 Å². The van der Waals surface area contributed by atoms with Gasteiger partial charge in [-0.1, -0.05) is 186 Å². The van der Waals surface area contributed by atoms with Crippen molar-refractivity contribution < 1.29 is 4.42 Å². The van der Waals surface area contributed by atoms with Crippen molar-refractivity contribution in [2.75, 3.05) is 14.7 Å². The molecule has 1 aliphatic carbocycles. The Bertz CT molecular complexity index is 2950. The molecule has 0 N–H and O–H groups in total. The predicted octanol–water partition coefficient (Wildman–Crippen LogP) is 16.6. The van der Waals surface area contributed by atoms with Gasteiger partial charge in [-0.05, 0) is 142 Å². The molecule has 2 aliphatic heterocycles. The number of benzene rings is 5. The number of alkyl halides is 1. The van der Waals surface area contributed by atoms with Crippen LogP contribution in [-0.2, 0) is 19.7 Å². The molecule has 5 aromatic carbocycles. The van der Waals surface area contributed by atoms with Crippen molar-refractivity contribution in [3.63, 3.8) is 0 Å². The Morgan fingerprint density at radius 1 is 0.721 bits per heavy atom. The summed E-state index contributed by atoms with van der Waals surface area (Å²) in [5, 5.41) is 0. The summed E-state index contributed by atoms with van der Waals surface area (Å²) in [4.78, 5) is 7.50. The van der Waals surface area contributed by atoms with Gasteiger partial charge in [0.2, 0.25) is 0 Å². The van der Waals surface area contributed by atoms with Gasteiger partial charge in [0.1, 0.15) is 5.76 Å². The van der Waals surface area contributed by atoms with E-state index in [9.17, 15) is 0 Å². The zero-order valence-electron chi connectivity index (χ0n) is 43.1. The summed E-state index contributed by atoms with van der Waals surface area (Å²) in [7, 11) is 0. The molecule has 0 saturated heterocycles. The average Bonchev–Trinajstić information content (AvgIpc) is 3.70. The number of fused-ring (bicyclic) bond motifs is 6. The molecule has 9 rings (SSSR count). The van der Waals surface area contributed by atoms with Gasteiger partial charge in [0, 0.05) is 45.4 Å². The van der Waals surface area contributed by atoms with E-state index in [-0.39, 0.29) is 31.8 Å². The molecule has 3 heterocycles. The number of nitrogens with zero attached hydrogens (tertiary/aromatic N) is 3. The smallest absolute Gasteiger partial charge is 0.297 e. The quantitative estimate of drug-likeness (QED) is 0.0655. The molecule has 0 saturated carbocycles. The van der Waals surface area contributed by atoms with E-state index < -0.39 is 0 Å². The first-order chi connectivity index (χ1) is 31.9. The molecule has 1 atom stereocenters. The Labute approximate surface area is 422 Å². The van der Waals surface area contributed by atoms with Crippen molar-refractivity contribution >= 4 is 91.4 Å². The molecule has 0 fully saturated rings. The van der Waals surface area contributed by atoms with Crippen LogP contribution in [0.3, 0.4) is 0 Å². The summed E-state index contributed by atoms with van der Waals surface area (Å²) in [6.07, 6.45) is 10.8. The van der Waals surface area contributed by atoms with E-state index in [1.807, 2.05) is 6.08 Å². The minimum Gasteiger partial charge on any atom is -0.471 e. The molecule has 1 aromatic heterocycles. The van der Waals surface area contributed by atoms with E-state index in [0.717, 1.165) is 64.1 Å². The van der Waals surface area contributed by atoms with Gasteiger partial charge in [0.15, 0.2) is 0 Å². The van der Waals surface area contributed by atoms with Crippen molar-refractivity contribution in [2.45, 2.75) is 135 Å². The molecule has 3 aliphatic rings. The van der Waals surface area contributed by atoms with Gasteiger partial charge < -0.3 is 19.1 Å². The number of halogens is 1.